The van der Waals surface area contributed by atoms with Crippen LogP contribution in [0.4, 0.5) is 4.39 Å². The Morgan fingerprint density at radius 2 is 2.00 bits per heavy atom. The molecule has 84 valence electrons. The topological polar surface area (TPSA) is 0 Å². The Labute approximate surface area is 96.8 Å². The zero-order valence-corrected chi connectivity index (χ0v) is 9.83. The minimum absolute atomic E-state index is 0.143. The predicted octanol–water partition coefficient (Wildman–Crippen LogP) is 4.70. The molecule has 1 aromatic rings. The number of rotatable bonds is 4. The molecule has 0 nitrogen and oxygen atoms in total. The van der Waals surface area contributed by atoms with Crippen molar-refractivity contribution < 1.29 is 4.39 Å². The molecule has 0 heterocycles. The van der Waals surface area contributed by atoms with Crippen LogP contribution >= 0.6 is 0 Å². The molecule has 0 atom stereocenters. The zero-order valence-electron chi connectivity index (χ0n) is 9.83. The quantitative estimate of drug-likeness (QED) is 0.640. The highest BCUT2D eigenvalue weighted by Crippen LogP contribution is 2.28. The van der Waals surface area contributed by atoms with Crippen LogP contribution < -0.4 is 0 Å². The smallest absolute Gasteiger partial charge is 0.127 e. The third kappa shape index (κ3) is 2.48. The molecule has 0 aromatic heterocycles. The van der Waals surface area contributed by atoms with E-state index >= 15 is 0 Å². The fourth-order valence-electron chi connectivity index (χ4n) is 1.77. The van der Waals surface area contributed by atoms with Crippen LogP contribution in [0.2, 0.25) is 0 Å². The van der Waals surface area contributed by atoms with Crippen molar-refractivity contribution >= 4 is 5.57 Å². The van der Waals surface area contributed by atoms with Gasteiger partial charge in [0.05, 0.1) is 0 Å². The van der Waals surface area contributed by atoms with Gasteiger partial charge in [0.15, 0.2) is 0 Å². The van der Waals surface area contributed by atoms with Gasteiger partial charge in [-0.3, -0.25) is 0 Å². The van der Waals surface area contributed by atoms with Crippen LogP contribution in [0.25, 0.3) is 5.57 Å². The van der Waals surface area contributed by atoms with Crippen molar-refractivity contribution in [3.63, 3.8) is 0 Å². The normalized spacial score (nSPS) is 11.6. The second-order valence-corrected chi connectivity index (χ2v) is 3.92. The van der Waals surface area contributed by atoms with E-state index < -0.39 is 0 Å². The highest BCUT2D eigenvalue weighted by Gasteiger charge is 2.13. The van der Waals surface area contributed by atoms with Gasteiger partial charge in [0.25, 0.3) is 0 Å². The first kappa shape index (κ1) is 12.4. The summed E-state index contributed by atoms with van der Waals surface area (Å²) in [6.07, 6.45) is 5.25. The largest absolute Gasteiger partial charge is 0.207 e. The van der Waals surface area contributed by atoms with Crippen LogP contribution in [0.15, 0.2) is 49.6 Å². The summed E-state index contributed by atoms with van der Waals surface area (Å²) < 4.78 is 13.8. The van der Waals surface area contributed by atoms with E-state index in [9.17, 15) is 4.39 Å². The summed E-state index contributed by atoms with van der Waals surface area (Å²) >= 11 is 0. The van der Waals surface area contributed by atoms with Crippen molar-refractivity contribution in [2.24, 2.45) is 0 Å². The average molecular weight is 216 g/mol. The number of hydrogen-bond donors (Lipinski definition) is 0. The van der Waals surface area contributed by atoms with Crippen molar-refractivity contribution in [2.75, 3.05) is 0 Å². The molecule has 0 spiro atoms. The standard InChI is InChI=1S/C15H17F/c1-5-8-12(6-2)13-9-7-10-14(16)15(13)11(3)4/h5-11H,1-2H2,3-4H3/b12-8+. The highest BCUT2D eigenvalue weighted by molar-refractivity contribution is 5.77. The minimum Gasteiger partial charge on any atom is -0.207 e. The highest BCUT2D eigenvalue weighted by atomic mass is 19.1. The molecule has 0 saturated carbocycles. The molecule has 0 unspecified atom stereocenters. The van der Waals surface area contributed by atoms with Gasteiger partial charge in [-0.25, -0.2) is 4.39 Å². The van der Waals surface area contributed by atoms with Gasteiger partial charge in [-0.1, -0.05) is 57.4 Å². The number of halogens is 1. The number of hydrogen-bond acceptors (Lipinski definition) is 0. The van der Waals surface area contributed by atoms with E-state index in [0.717, 1.165) is 16.7 Å². The lowest BCUT2D eigenvalue weighted by Gasteiger charge is -2.14. The van der Waals surface area contributed by atoms with Crippen molar-refractivity contribution in [3.05, 3.63) is 66.5 Å². The Bertz CT molecular complexity index is 425. The number of benzene rings is 1. The maximum Gasteiger partial charge on any atom is 0.127 e. The Morgan fingerprint density at radius 1 is 1.31 bits per heavy atom. The van der Waals surface area contributed by atoms with E-state index in [2.05, 4.69) is 13.2 Å². The molecule has 0 fully saturated rings. The summed E-state index contributed by atoms with van der Waals surface area (Å²) in [5, 5.41) is 0. The van der Waals surface area contributed by atoms with E-state index in [4.69, 9.17) is 0 Å². The zero-order chi connectivity index (χ0) is 12.1. The number of allylic oxidation sites excluding steroid dienone is 4. The van der Waals surface area contributed by atoms with E-state index in [1.54, 1.807) is 18.2 Å². The molecule has 0 aliphatic rings. The molecule has 0 aliphatic carbocycles. The van der Waals surface area contributed by atoms with Crippen LogP contribution in [0.3, 0.4) is 0 Å². The lowest BCUT2D eigenvalue weighted by molar-refractivity contribution is 0.597. The molecule has 0 amide bonds. The molecule has 1 heteroatoms. The van der Waals surface area contributed by atoms with E-state index in [-0.39, 0.29) is 11.7 Å². The second kappa shape index (κ2) is 5.45. The SMILES string of the molecule is C=C/C=C(\C=C)c1cccc(F)c1C(C)C. The fraction of sp³-hybridized carbons (Fsp3) is 0.200. The van der Waals surface area contributed by atoms with Crippen molar-refractivity contribution in [2.45, 2.75) is 19.8 Å². The third-order valence-corrected chi connectivity index (χ3v) is 2.46. The molecule has 1 rings (SSSR count). The van der Waals surface area contributed by atoms with Crippen molar-refractivity contribution in [3.8, 4) is 0 Å². The Balaban J connectivity index is 3.43. The lowest BCUT2D eigenvalue weighted by Crippen LogP contribution is -1.99. The Morgan fingerprint density at radius 3 is 2.50 bits per heavy atom. The van der Waals surface area contributed by atoms with Gasteiger partial charge < -0.3 is 0 Å². The van der Waals surface area contributed by atoms with Crippen LogP contribution in [-0.2, 0) is 0 Å². The Hall–Kier alpha value is -1.63. The first-order valence-electron chi connectivity index (χ1n) is 5.35. The van der Waals surface area contributed by atoms with E-state index in [1.807, 2.05) is 26.0 Å². The monoisotopic (exact) mass is 216 g/mol. The van der Waals surface area contributed by atoms with Crippen LogP contribution in [0.1, 0.15) is 30.9 Å². The summed E-state index contributed by atoms with van der Waals surface area (Å²) in [5.74, 6) is -0.0197. The lowest BCUT2D eigenvalue weighted by atomic mass is 9.92. The van der Waals surface area contributed by atoms with Gasteiger partial charge in [-0.2, -0.15) is 0 Å². The van der Waals surface area contributed by atoms with Gasteiger partial charge in [0, 0.05) is 0 Å². The first-order valence-corrected chi connectivity index (χ1v) is 5.35. The molecule has 0 radical (unpaired) electrons. The summed E-state index contributed by atoms with van der Waals surface area (Å²) in [7, 11) is 0. The molecular weight excluding hydrogens is 199 g/mol. The maximum atomic E-state index is 13.8. The molecule has 16 heavy (non-hydrogen) atoms. The van der Waals surface area contributed by atoms with Gasteiger partial charge in [0.2, 0.25) is 0 Å². The molecule has 0 bridgehead atoms. The van der Waals surface area contributed by atoms with Gasteiger partial charge in [-0.05, 0) is 28.7 Å². The fourth-order valence-corrected chi connectivity index (χ4v) is 1.77. The van der Waals surface area contributed by atoms with Crippen LogP contribution in [-0.4, -0.2) is 0 Å². The molecule has 1 aromatic carbocycles. The van der Waals surface area contributed by atoms with Crippen molar-refractivity contribution in [1.82, 2.24) is 0 Å². The third-order valence-electron chi connectivity index (χ3n) is 2.46. The summed E-state index contributed by atoms with van der Waals surface area (Å²) in [6.45, 7) is 11.4. The summed E-state index contributed by atoms with van der Waals surface area (Å²) in [6, 6.07) is 5.12. The van der Waals surface area contributed by atoms with Gasteiger partial charge >= 0.3 is 0 Å². The van der Waals surface area contributed by atoms with Crippen molar-refractivity contribution in [1.29, 1.82) is 0 Å². The first-order chi connectivity index (χ1) is 7.61. The molecule has 0 saturated heterocycles. The van der Waals surface area contributed by atoms with Crippen LogP contribution in [0.5, 0.6) is 0 Å². The maximum absolute atomic E-state index is 13.8. The van der Waals surface area contributed by atoms with Crippen LogP contribution in [0, 0.1) is 5.82 Å². The van der Waals surface area contributed by atoms with Gasteiger partial charge in [-0.15, -0.1) is 0 Å². The molecule has 0 aliphatic heterocycles. The summed E-state index contributed by atoms with van der Waals surface area (Å²) in [5.41, 5.74) is 2.53. The molecular formula is C15H17F. The van der Waals surface area contributed by atoms with E-state index in [0.29, 0.717) is 0 Å². The van der Waals surface area contributed by atoms with Gasteiger partial charge in [0.1, 0.15) is 5.82 Å². The predicted molar refractivity (Wildman–Crippen MR) is 68.9 cm³/mol. The Kier molecular flexibility index (Phi) is 4.24. The minimum atomic E-state index is -0.163. The second-order valence-electron chi connectivity index (χ2n) is 3.92. The average Bonchev–Trinajstić information content (AvgIpc) is 2.25. The molecule has 0 N–H and O–H groups in total. The van der Waals surface area contributed by atoms with E-state index in [1.165, 1.54) is 6.07 Å². The summed E-state index contributed by atoms with van der Waals surface area (Å²) in [4.78, 5) is 0.